The topological polar surface area (TPSA) is 117 Å². The van der Waals surface area contributed by atoms with Crippen molar-refractivity contribution in [1.29, 1.82) is 0 Å². The van der Waals surface area contributed by atoms with Crippen LogP contribution in [0.5, 0.6) is 0 Å². The Hall–Kier alpha value is -2.90. The van der Waals surface area contributed by atoms with Gasteiger partial charge in [0, 0.05) is 11.4 Å². The molecule has 160 valence electrons. The number of hydrogen-bond donors (Lipinski definition) is 2. The molecule has 7 nitrogen and oxygen atoms in total. The fourth-order valence-electron chi connectivity index (χ4n) is 2.96. The highest BCUT2D eigenvalue weighted by atomic mass is 35.5. The molecule has 1 heterocycles. The standard InChI is InChI=1S/C19H17ClN2O4.C3H9N/c20-14-8-6-13(7-9-14)11-16(18(24)25)22-17(23)15(21-19(22)26)10-12-4-2-1-3-5-12;1-3(2)4/h1-9,15-16H,10-11H2,(H,21,26)(H,24,25);3H,4H2,1-2H3. The summed E-state index contributed by atoms with van der Waals surface area (Å²) in [7, 11) is 0. The zero-order valence-corrected chi connectivity index (χ0v) is 17.8. The number of nitrogens with one attached hydrogen (secondary N) is 1. The van der Waals surface area contributed by atoms with E-state index in [9.17, 15) is 19.5 Å². The Bertz CT molecular complexity index is 869. The summed E-state index contributed by atoms with van der Waals surface area (Å²) in [6.07, 6.45) is 0.249. The van der Waals surface area contributed by atoms with Crippen LogP contribution >= 0.6 is 11.6 Å². The van der Waals surface area contributed by atoms with Crippen molar-refractivity contribution in [3.8, 4) is 0 Å². The summed E-state index contributed by atoms with van der Waals surface area (Å²) < 4.78 is 0. The second-order valence-electron chi connectivity index (χ2n) is 7.46. The highest BCUT2D eigenvalue weighted by Crippen LogP contribution is 2.19. The van der Waals surface area contributed by atoms with E-state index >= 15 is 0 Å². The lowest BCUT2D eigenvalue weighted by atomic mass is 10.0. The van der Waals surface area contributed by atoms with Crippen molar-refractivity contribution in [3.05, 3.63) is 70.7 Å². The van der Waals surface area contributed by atoms with Crippen LogP contribution in [0, 0.1) is 0 Å². The van der Waals surface area contributed by atoms with Crippen LogP contribution in [0.2, 0.25) is 5.02 Å². The molecular weight excluding hydrogens is 406 g/mol. The van der Waals surface area contributed by atoms with Gasteiger partial charge < -0.3 is 21.0 Å². The van der Waals surface area contributed by atoms with Gasteiger partial charge in [0.1, 0.15) is 6.04 Å². The number of amides is 3. The number of carbonyl (C=O) groups is 3. The number of hydrogen-bond acceptors (Lipinski definition) is 4. The number of quaternary nitrogens is 1. The molecule has 2 unspecified atom stereocenters. The van der Waals surface area contributed by atoms with Gasteiger partial charge in [-0.05, 0) is 43.5 Å². The Balaban J connectivity index is 0.000000735. The Kier molecular flexibility index (Phi) is 8.38. The largest absolute Gasteiger partial charge is 0.548 e. The SMILES string of the molecule is CC(C)[NH3+].O=C([O-])C(Cc1ccc(Cl)cc1)N1C(=O)NC(Cc2ccccc2)C1=O. The quantitative estimate of drug-likeness (QED) is 0.658. The van der Waals surface area contributed by atoms with Gasteiger partial charge in [-0.1, -0.05) is 54.1 Å². The van der Waals surface area contributed by atoms with Gasteiger partial charge in [-0.25, -0.2) is 4.79 Å². The number of aliphatic carboxylic acids is 1. The van der Waals surface area contributed by atoms with Crippen LogP contribution in [-0.2, 0) is 22.4 Å². The molecule has 1 aliphatic heterocycles. The normalized spacial score (nSPS) is 16.7. The van der Waals surface area contributed by atoms with Crippen molar-refractivity contribution in [3.63, 3.8) is 0 Å². The molecule has 2 aromatic rings. The Morgan fingerprint density at radius 1 is 1.10 bits per heavy atom. The first-order valence-corrected chi connectivity index (χ1v) is 10.0. The summed E-state index contributed by atoms with van der Waals surface area (Å²) in [6, 6.07) is 13.4. The Morgan fingerprint density at radius 2 is 1.67 bits per heavy atom. The third-order valence-corrected chi connectivity index (χ3v) is 4.51. The van der Waals surface area contributed by atoms with Crippen LogP contribution in [-0.4, -0.2) is 40.9 Å². The summed E-state index contributed by atoms with van der Waals surface area (Å²) in [5.41, 5.74) is 5.14. The smallest absolute Gasteiger partial charge is 0.325 e. The van der Waals surface area contributed by atoms with Crippen LogP contribution in [0.1, 0.15) is 25.0 Å². The molecular formula is C22H26ClN3O4. The predicted molar refractivity (Wildman–Crippen MR) is 111 cm³/mol. The average Bonchev–Trinajstić information content (AvgIpc) is 2.95. The number of imide groups is 1. The van der Waals surface area contributed by atoms with E-state index in [0.29, 0.717) is 23.0 Å². The molecule has 1 saturated heterocycles. The maximum absolute atomic E-state index is 12.6. The molecule has 3 amide bonds. The second kappa shape index (κ2) is 10.8. The molecule has 0 aromatic heterocycles. The molecule has 0 spiro atoms. The van der Waals surface area contributed by atoms with E-state index in [1.165, 1.54) is 0 Å². The van der Waals surface area contributed by atoms with Crippen molar-refractivity contribution in [1.82, 2.24) is 10.2 Å². The summed E-state index contributed by atoms with van der Waals surface area (Å²) in [6.45, 7) is 4.11. The van der Waals surface area contributed by atoms with Crippen molar-refractivity contribution in [2.45, 2.75) is 44.8 Å². The van der Waals surface area contributed by atoms with Gasteiger partial charge in [-0.3, -0.25) is 9.69 Å². The molecule has 2 aromatic carbocycles. The van der Waals surface area contributed by atoms with E-state index in [0.717, 1.165) is 10.5 Å². The average molecular weight is 432 g/mol. The molecule has 0 radical (unpaired) electrons. The lowest BCUT2D eigenvalue weighted by molar-refractivity contribution is -0.407. The number of rotatable bonds is 6. The Labute approximate surface area is 180 Å². The zero-order chi connectivity index (χ0) is 22.3. The van der Waals surface area contributed by atoms with E-state index in [2.05, 4.69) is 24.9 Å². The fourth-order valence-corrected chi connectivity index (χ4v) is 3.08. The van der Waals surface area contributed by atoms with E-state index in [-0.39, 0.29) is 6.42 Å². The van der Waals surface area contributed by atoms with Crippen LogP contribution < -0.4 is 16.2 Å². The van der Waals surface area contributed by atoms with Gasteiger partial charge >= 0.3 is 6.03 Å². The monoisotopic (exact) mass is 431 g/mol. The van der Waals surface area contributed by atoms with Gasteiger partial charge in [-0.2, -0.15) is 0 Å². The van der Waals surface area contributed by atoms with E-state index in [4.69, 9.17) is 11.6 Å². The predicted octanol–water partition coefficient (Wildman–Crippen LogP) is 0.801. The maximum Gasteiger partial charge on any atom is 0.325 e. The third-order valence-electron chi connectivity index (χ3n) is 4.26. The summed E-state index contributed by atoms with van der Waals surface area (Å²) in [5.74, 6) is -2.05. The van der Waals surface area contributed by atoms with Gasteiger partial charge in [0.15, 0.2) is 0 Å². The molecule has 8 heteroatoms. The van der Waals surface area contributed by atoms with Crippen molar-refractivity contribution in [2.24, 2.45) is 0 Å². The van der Waals surface area contributed by atoms with E-state index in [1.807, 2.05) is 30.3 Å². The fraction of sp³-hybridized carbons (Fsp3) is 0.318. The van der Waals surface area contributed by atoms with Gasteiger partial charge in [-0.15, -0.1) is 0 Å². The number of carbonyl (C=O) groups excluding carboxylic acids is 3. The van der Waals surface area contributed by atoms with Crippen molar-refractivity contribution in [2.75, 3.05) is 0 Å². The van der Waals surface area contributed by atoms with Crippen LogP contribution in [0.25, 0.3) is 0 Å². The maximum atomic E-state index is 12.6. The summed E-state index contributed by atoms with van der Waals surface area (Å²) >= 11 is 5.82. The lowest BCUT2D eigenvalue weighted by Gasteiger charge is -2.26. The first-order chi connectivity index (χ1) is 14.2. The number of nitrogens with zero attached hydrogens (tertiary/aromatic N) is 1. The molecule has 30 heavy (non-hydrogen) atoms. The molecule has 4 N–H and O–H groups in total. The lowest BCUT2D eigenvalue weighted by Crippen LogP contribution is -2.57. The van der Waals surface area contributed by atoms with Crippen LogP contribution in [0.15, 0.2) is 54.6 Å². The Morgan fingerprint density at radius 3 is 2.20 bits per heavy atom. The van der Waals surface area contributed by atoms with Gasteiger partial charge in [0.25, 0.3) is 5.91 Å². The van der Waals surface area contributed by atoms with Crippen molar-refractivity contribution < 1.29 is 25.2 Å². The number of halogens is 1. The molecule has 3 rings (SSSR count). The molecule has 1 aliphatic rings. The van der Waals surface area contributed by atoms with Crippen LogP contribution in [0.3, 0.4) is 0 Å². The van der Waals surface area contributed by atoms with Gasteiger partial charge in [0.2, 0.25) is 0 Å². The first-order valence-electron chi connectivity index (χ1n) is 9.65. The number of carboxylic acids is 1. The minimum absolute atomic E-state index is 0.0449. The van der Waals surface area contributed by atoms with Crippen molar-refractivity contribution >= 4 is 29.5 Å². The summed E-state index contributed by atoms with van der Waals surface area (Å²) in [4.78, 5) is 37.2. The first kappa shape index (κ1) is 23.4. The van der Waals surface area contributed by atoms with E-state index in [1.54, 1.807) is 24.3 Å². The third kappa shape index (κ3) is 6.57. The number of benzene rings is 2. The minimum Gasteiger partial charge on any atom is -0.548 e. The summed E-state index contributed by atoms with van der Waals surface area (Å²) in [5, 5.41) is 14.7. The molecule has 0 bridgehead atoms. The molecule has 1 fully saturated rings. The van der Waals surface area contributed by atoms with E-state index < -0.39 is 30.0 Å². The second-order valence-corrected chi connectivity index (χ2v) is 7.90. The molecule has 0 saturated carbocycles. The number of urea groups is 1. The van der Waals surface area contributed by atoms with Gasteiger partial charge in [0.05, 0.1) is 18.1 Å². The molecule has 0 aliphatic carbocycles. The zero-order valence-electron chi connectivity index (χ0n) is 17.0. The molecule has 2 atom stereocenters. The highest BCUT2D eigenvalue weighted by Gasteiger charge is 2.42. The van der Waals surface area contributed by atoms with Crippen LogP contribution in [0.4, 0.5) is 4.79 Å². The number of carboxylic acid groups (broad SMARTS) is 1. The highest BCUT2D eigenvalue weighted by molar-refractivity contribution is 6.30. The minimum atomic E-state index is -1.48.